The molecule has 0 N–H and O–H groups in total. The summed E-state index contributed by atoms with van der Waals surface area (Å²) in [7, 11) is 0. The number of rotatable bonds is 5. The Morgan fingerprint density at radius 3 is 2.55 bits per heavy atom. The second-order valence-electron chi connectivity index (χ2n) is 4.16. The number of hydrogen-bond donors (Lipinski definition) is 0. The smallest absolute Gasteiger partial charge is 0.315 e. The number of hydrogen-bond acceptors (Lipinski definition) is 3. The largest absolute Gasteiger partial charge is 0.490 e. The fraction of sp³-hybridized carbons (Fsp3) is 0.188. The number of benzene rings is 2. The fourth-order valence-electron chi connectivity index (χ4n) is 1.78. The molecule has 0 atom stereocenters. The van der Waals surface area contributed by atoms with Crippen LogP contribution in [0.15, 0.2) is 53.0 Å². The van der Waals surface area contributed by atoms with E-state index in [4.69, 9.17) is 9.47 Å². The lowest BCUT2D eigenvalue weighted by molar-refractivity contribution is -0.133. The molecule has 0 unspecified atom stereocenters. The van der Waals surface area contributed by atoms with Crippen LogP contribution in [0.3, 0.4) is 0 Å². The Balaban J connectivity index is 2.05. The van der Waals surface area contributed by atoms with Gasteiger partial charge >= 0.3 is 5.97 Å². The maximum absolute atomic E-state index is 12.0. The van der Waals surface area contributed by atoms with E-state index in [-0.39, 0.29) is 12.4 Å². The van der Waals surface area contributed by atoms with Gasteiger partial charge in [0, 0.05) is 4.47 Å². The lowest BCUT2D eigenvalue weighted by Gasteiger charge is -2.10. The Bertz CT molecular complexity index is 596. The van der Waals surface area contributed by atoms with Gasteiger partial charge in [0.05, 0.1) is 13.0 Å². The van der Waals surface area contributed by atoms with Gasteiger partial charge < -0.3 is 9.47 Å². The van der Waals surface area contributed by atoms with Crippen LogP contribution in [-0.4, -0.2) is 12.6 Å². The van der Waals surface area contributed by atoms with Crippen LogP contribution in [0.25, 0.3) is 0 Å². The standard InChI is InChI=1S/C16H15BrO3/c1-2-19-14-8-3-4-9-15(14)20-16(18)11-12-6-5-7-13(17)10-12/h3-10H,2,11H2,1H3. The van der Waals surface area contributed by atoms with E-state index in [9.17, 15) is 4.79 Å². The third-order valence-corrected chi connectivity index (χ3v) is 3.10. The molecule has 0 saturated heterocycles. The van der Waals surface area contributed by atoms with Gasteiger partial charge in [0.15, 0.2) is 11.5 Å². The summed E-state index contributed by atoms with van der Waals surface area (Å²) in [5, 5.41) is 0. The van der Waals surface area contributed by atoms with Crippen LogP contribution in [0.4, 0.5) is 0 Å². The Morgan fingerprint density at radius 2 is 1.85 bits per heavy atom. The number of carbonyl (C=O) groups excluding carboxylic acids is 1. The lowest BCUT2D eigenvalue weighted by Crippen LogP contribution is -2.12. The van der Waals surface area contributed by atoms with Crippen molar-refractivity contribution in [2.75, 3.05) is 6.61 Å². The van der Waals surface area contributed by atoms with Gasteiger partial charge in [-0.05, 0) is 36.8 Å². The molecule has 0 bridgehead atoms. The first kappa shape index (κ1) is 14.6. The Morgan fingerprint density at radius 1 is 1.10 bits per heavy atom. The molecule has 0 saturated carbocycles. The van der Waals surface area contributed by atoms with Gasteiger partial charge in [0.2, 0.25) is 0 Å². The SMILES string of the molecule is CCOc1ccccc1OC(=O)Cc1cccc(Br)c1. The summed E-state index contributed by atoms with van der Waals surface area (Å²) in [6.07, 6.45) is 0.222. The van der Waals surface area contributed by atoms with Gasteiger partial charge in [-0.3, -0.25) is 4.79 Å². The molecule has 3 nitrogen and oxygen atoms in total. The minimum absolute atomic E-state index is 0.222. The molecule has 104 valence electrons. The zero-order chi connectivity index (χ0) is 14.4. The van der Waals surface area contributed by atoms with Crippen molar-refractivity contribution in [3.63, 3.8) is 0 Å². The van der Waals surface area contributed by atoms with Crippen molar-refractivity contribution in [2.45, 2.75) is 13.3 Å². The molecular formula is C16H15BrO3. The first-order valence-corrected chi connectivity index (χ1v) is 7.15. The maximum Gasteiger partial charge on any atom is 0.315 e. The van der Waals surface area contributed by atoms with E-state index in [1.54, 1.807) is 12.1 Å². The third kappa shape index (κ3) is 4.10. The number of ether oxygens (including phenoxy) is 2. The van der Waals surface area contributed by atoms with Gasteiger partial charge in [0.1, 0.15) is 0 Å². The van der Waals surface area contributed by atoms with E-state index in [2.05, 4.69) is 15.9 Å². The predicted molar refractivity (Wildman–Crippen MR) is 81.1 cm³/mol. The van der Waals surface area contributed by atoms with Crippen molar-refractivity contribution in [3.8, 4) is 11.5 Å². The highest BCUT2D eigenvalue weighted by Crippen LogP contribution is 2.26. The molecule has 2 aromatic carbocycles. The van der Waals surface area contributed by atoms with Gasteiger partial charge in [-0.1, -0.05) is 40.2 Å². The van der Waals surface area contributed by atoms with E-state index in [0.717, 1.165) is 10.0 Å². The molecule has 0 aliphatic heterocycles. The average Bonchev–Trinajstić information content (AvgIpc) is 2.41. The maximum atomic E-state index is 12.0. The van der Waals surface area contributed by atoms with E-state index in [1.165, 1.54) is 0 Å². The summed E-state index contributed by atoms with van der Waals surface area (Å²) in [4.78, 5) is 12.0. The van der Waals surface area contributed by atoms with Gasteiger partial charge in [0.25, 0.3) is 0 Å². The lowest BCUT2D eigenvalue weighted by atomic mass is 10.1. The highest BCUT2D eigenvalue weighted by molar-refractivity contribution is 9.10. The second-order valence-corrected chi connectivity index (χ2v) is 5.08. The molecule has 0 aliphatic carbocycles. The van der Waals surface area contributed by atoms with E-state index in [0.29, 0.717) is 18.1 Å². The Labute approximate surface area is 126 Å². The van der Waals surface area contributed by atoms with Crippen LogP contribution in [0.5, 0.6) is 11.5 Å². The summed E-state index contributed by atoms with van der Waals surface area (Å²) in [5.41, 5.74) is 0.901. The van der Waals surface area contributed by atoms with Crippen LogP contribution in [0, 0.1) is 0 Å². The Kier molecular flexibility index (Phi) is 5.18. The minimum atomic E-state index is -0.310. The molecule has 0 spiro atoms. The summed E-state index contributed by atoms with van der Waals surface area (Å²) in [6.45, 7) is 2.42. The van der Waals surface area contributed by atoms with E-state index >= 15 is 0 Å². The van der Waals surface area contributed by atoms with Gasteiger partial charge in [-0.15, -0.1) is 0 Å². The van der Waals surface area contributed by atoms with Crippen molar-refractivity contribution in [1.82, 2.24) is 0 Å². The fourth-order valence-corrected chi connectivity index (χ4v) is 2.23. The summed E-state index contributed by atoms with van der Waals surface area (Å²) in [5.74, 6) is 0.724. The molecular weight excluding hydrogens is 320 g/mol. The highest BCUT2D eigenvalue weighted by Gasteiger charge is 2.10. The molecule has 4 heteroatoms. The van der Waals surface area contributed by atoms with Crippen LogP contribution < -0.4 is 9.47 Å². The van der Waals surface area contributed by atoms with Crippen molar-refractivity contribution < 1.29 is 14.3 Å². The number of para-hydroxylation sites is 2. The van der Waals surface area contributed by atoms with Crippen molar-refractivity contribution in [3.05, 3.63) is 58.6 Å². The molecule has 0 aliphatic rings. The van der Waals surface area contributed by atoms with Crippen molar-refractivity contribution in [1.29, 1.82) is 0 Å². The summed E-state index contributed by atoms with van der Waals surface area (Å²) >= 11 is 3.38. The first-order chi connectivity index (χ1) is 9.69. The summed E-state index contributed by atoms with van der Waals surface area (Å²) in [6, 6.07) is 14.8. The first-order valence-electron chi connectivity index (χ1n) is 6.36. The monoisotopic (exact) mass is 334 g/mol. The zero-order valence-corrected chi connectivity index (χ0v) is 12.7. The van der Waals surface area contributed by atoms with Gasteiger partial charge in [-0.2, -0.15) is 0 Å². The minimum Gasteiger partial charge on any atom is -0.490 e. The molecule has 0 heterocycles. The Hall–Kier alpha value is -1.81. The number of carbonyl (C=O) groups is 1. The van der Waals surface area contributed by atoms with Gasteiger partial charge in [-0.25, -0.2) is 0 Å². The topological polar surface area (TPSA) is 35.5 Å². The van der Waals surface area contributed by atoms with Crippen LogP contribution in [0.1, 0.15) is 12.5 Å². The third-order valence-electron chi connectivity index (χ3n) is 2.61. The van der Waals surface area contributed by atoms with Crippen LogP contribution in [0.2, 0.25) is 0 Å². The van der Waals surface area contributed by atoms with Crippen molar-refractivity contribution in [2.24, 2.45) is 0 Å². The zero-order valence-electron chi connectivity index (χ0n) is 11.1. The normalized spacial score (nSPS) is 10.1. The molecule has 0 radical (unpaired) electrons. The van der Waals surface area contributed by atoms with Crippen LogP contribution in [-0.2, 0) is 11.2 Å². The molecule has 0 aromatic heterocycles. The second kappa shape index (κ2) is 7.10. The molecule has 20 heavy (non-hydrogen) atoms. The van der Waals surface area contributed by atoms with E-state index < -0.39 is 0 Å². The quantitative estimate of drug-likeness (QED) is 0.612. The predicted octanol–water partition coefficient (Wildman–Crippen LogP) is 4.00. The molecule has 2 rings (SSSR count). The molecule has 0 amide bonds. The van der Waals surface area contributed by atoms with Crippen LogP contribution >= 0.6 is 15.9 Å². The molecule has 0 fully saturated rings. The number of esters is 1. The highest BCUT2D eigenvalue weighted by atomic mass is 79.9. The number of halogens is 1. The van der Waals surface area contributed by atoms with Crippen molar-refractivity contribution >= 4 is 21.9 Å². The van der Waals surface area contributed by atoms with E-state index in [1.807, 2.05) is 43.3 Å². The molecule has 2 aromatic rings. The summed E-state index contributed by atoms with van der Waals surface area (Å²) < 4.78 is 11.7. The average molecular weight is 335 g/mol.